The number of aliphatic imine (C=N–C) groups is 1. The molecule has 6 nitrogen and oxygen atoms in total. The molecule has 8 heteroatoms. The highest BCUT2D eigenvalue weighted by molar-refractivity contribution is 9.10. The van der Waals surface area contributed by atoms with E-state index >= 15 is 0 Å². The summed E-state index contributed by atoms with van der Waals surface area (Å²) in [6, 6.07) is 7.34. The predicted molar refractivity (Wildman–Crippen MR) is 84.1 cm³/mol. The number of amides is 1. The van der Waals surface area contributed by atoms with Gasteiger partial charge in [0.25, 0.3) is 0 Å². The average molecular weight is 354 g/mol. The van der Waals surface area contributed by atoms with Crippen molar-refractivity contribution >= 4 is 50.0 Å². The van der Waals surface area contributed by atoms with Crippen LogP contribution >= 0.6 is 27.3 Å². The fourth-order valence-corrected chi connectivity index (χ4v) is 2.41. The summed E-state index contributed by atoms with van der Waals surface area (Å²) in [5, 5.41) is 4.98. The van der Waals surface area contributed by atoms with Gasteiger partial charge in [-0.05, 0) is 24.3 Å². The van der Waals surface area contributed by atoms with Crippen molar-refractivity contribution in [1.82, 2.24) is 4.98 Å². The van der Waals surface area contributed by atoms with Gasteiger partial charge in [0.2, 0.25) is 11.0 Å². The smallest absolute Gasteiger partial charge is 0.230 e. The fourth-order valence-electron chi connectivity index (χ4n) is 1.44. The normalized spacial score (nSPS) is 10.1. The second-order valence-electron chi connectivity index (χ2n) is 3.89. The van der Waals surface area contributed by atoms with Gasteiger partial charge in [-0.15, -0.1) is 11.3 Å². The van der Waals surface area contributed by atoms with Crippen LogP contribution in [0.5, 0.6) is 0 Å². The zero-order valence-corrected chi connectivity index (χ0v) is 12.7. The van der Waals surface area contributed by atoms with Gasteiger partial charge in [0.15, 0.2) is 5.96 Å². The molecule has 0 bridgehead atoms. The molecule has 0 saturated carbocycles. The molecule has 0 aliphatic heterocycles. The molecule has 1 aromatic carbocycles. The van der Waals surface area contributed by atoms with E-state index in [0.717, 1.165) is 10.2 Å². The van der Waals surface area contributed by atoms with Crippen molar-refractivity contribution in [3.8, 4) is 0 Å². The predicted octanol–water partition coefficient (Wildman–Crippen LogP) is 1.99. The quantitative estimate of drug-likeness (QED) is 0.577. The van der Waals surface area contributed by atoms with Gasteiger partial charge in [-0.3, -0.25) is 4.79 Å². The number of guanidine groups is 1. The Hall–Kier alpha value is -1.93. The molecule has 5 N–H and O–H groups in total. The summed E-state index contributed by atoms with van der Waals surface area (Å²) in [6.45, 7) is 0. The van der Waals surface area contributed by atoms with E-state index in [1.165, 1.54) is 11.3 Å². The summed E-state index contributed by atoms with van der Waals surface area (Å²) in [4.78, 5) is 19.8. The van der Waals surface area contributed by atoms with Gasteiger partial charge in [-0.1, -0.05) is 15.9 Å². The molecule has 2 rings (SSSR count). The van der Waals surface area contributed by atoms with Gasteiger partial charge in [-0.2, -0.15) is 4.99 Å². The fraction of sp³-hybridized carbons (Fsp3) is 0.0833. The highest BCUT2D eigenvalue weighted by Crippen LogP contribution is 2.19. The van der Waals surface area contributed by atoms with Crippen LogP contribution in [-0.4, -0.2) is 16.9 Å². The summed E-state index contributed by atoms with van der Waals surface area (Å²) in [5.74, 6) is -0.195. The van der Waals surface area contributed by atoms with E-state index in [4.69, 9.17) is 11.5 Å². The van der Waals surface area contributed by atoms with Gasteiger partial charge in [-0.25, -0.2) is 4.98 Å². The highest BCUT2D eigenvalue weighted by Gasteiger charge is 2.08. The number of rotatable bonds is 4. The Labute approximate surface area is 128 Å². The Balaban J connectivity index is 1.96. The first-order valence-corrected chi connectivity index (χ1v) is 7.29. The lowest BCUT2D eigenvalue weighted by Crippen LogP contribution is -2.21. The third-order valence-corrected chi connectivity index (χ3v) is 3.55. The number of anilines is 1. The molecule has 0 aliphatic carbocycles. The van der Waals surface area contributed by atoms with Gasteiger partial charge in [0.1, 0.15) is 0 Å². The number of nitrogens with two attached hydrogens (primary N) is 2. The van der Waals surface area contributed by atoms with Gasteiger partial charge >= 0.3 is 0 Å². The van der Waals surface area contributed by atoms with Gasteiger partial charge in [0, 0.05) is 15.5 Å². The first-order valence-electron chi connectivity index (χ1n) is 5.62. The summed E-state index contributed by atoms with van der Waals surface area (Å²) < 4.78 is 0.955. The second-order valence-corrected chi connectivity index (χ2v) is 5.64. The van der Waals surface area contributed by atoms with E-state index in [1.807, 2.05) is 24.3 Å². The van der Waals surface area contributed by atoms with E-state index < -0.39 is 0 Å². The van der Waals surface area contributed by atoms with E-state index in [1.54, 1.807) is 5.38 Å². The van der Waals surface area contributed by atoms with E-state index in [-0.39, 0.29) is 18.3 Å². The van der Waals surface area contributed by atoms with E-state index in [0.29, 0.717) is 10.8 Å². The monoisotopic (exact) mass is 353 g/mol. The van der Waals surface area contributed by atoms with Crippen LogP contribution in [0.1, 0.15) is 5.69 Å². The van der Waals surface area contributed by atoms with E-state index in [9.17, 15) is 4.79 Å². The average Bonchev–Trinajstić information content (AvgIpc) is 2.78. The summed E-state index contributed by atoms with van der Waals surface area (Å²) in [7, 11) is 0. The Morgan fingerprint density at radius 1 is 1.35 bits per heavy atom. The molecule has 0 spiro atoms. The van der Waals surface area contributed by atoms with Crippen molar-refractivity contribution in [3.63, 3.8) is 0 Å². The van der Waals surface area contributed by atoms with Crippen molar-refractivity contribution in [2.24, 2.45) is 16.5 Å². The van der Waals surface area contributed by atoms with Crippen LogP contribution in [0.15, 0.2) is 39.1 Å². The van der Waals surface area contributed by atoms with Crippen LogP contribution in [0.4, 0.5) is 10.8 Å². The maximum atomic E-state index is 11.9. The molecule has 0 saturated heterocycles. The minimum Gasteiger partial charge on any atom is -0.370 e. The molecular formula is C12H12BrN5OS. The largest absolute Gasteiger partial charge is 0.370 e. The molecule has 0 radical (unpaired) electrons. The standard InChI is InChI=1S/C12H12BrN5OS/c13-7-1-3-8(4-2-7)16-10(19)5-9-6-20-12(17-9)18-11(14)15/h1-4,6H,5H2,(H,16,19)(H4,14,15,17,18). The minimum absolute atomic E-state index is 0.0507. The zero-order valence-electron chi connectivity index (χ0n) is 10.3. The number of nitrogens with zero attached hydrogens (tertiary/aromatic N) is 2. The Kier molecular flexibility index (Phi) is 4.70. The Morgan fingerprint density at radius 3 is 2.70 bits per heavy atom. The van der Waals surface area contributed by atoms with Crippen molar-refractivity contribution in [2.75, 3.05) is 5.32 Å². The maximum absolute atomic E-state index is 11.9. The lowest BCUT2D eigenvalue weighted by Gasteiger charge is -2.03. The number of nitrogens with one attached hydrogen (secondary N) is 1. The third-order valence-electron chi connectivity index (χ3n) is 2.23. The second kappa shape index (κ2) is 6.49. The number of carbonyl (C=O) groups is 1. The maximum Gasteiger partial charge on any atom is 0.230 e. The summed E-state index contributed by atoms with van der Waals surface area (Å²) >= 11 is 4.62. The van der Waals surface area contributed by atoms with E-state index in [2.05, 4.69) is 31.2 Å². The number of thiazole rings is 1. The van der Waals surface area contributed by atoms with Crippen LogP contribution < -0.4 is 16.8 Å². The van der Waals surface area contributed by atoms with Crippen LogP contribution in [0.2, 0.25) is 0 Å². The number of aromatic nitrogens is 1. The molecule has 1 aromatic heterocycles. The van der Waals surface area contributed by atoms with Gasteiger partial charge < -0.3 is 16.8 Å². The molecule has 0 atom stereocenters. The lowest BCUT2D eigenvalue weighted by molar-refractivity contribution is -0.115. The Morgan fingerprint density at radius 2 is 2.05 bits per heavy atom. The van der Waals surface area contributed by atoms with Crippen LogP contribution in [0.25, 0.3) is 0 Å². The first-order chi connectivity index (χ1) is 9.52. The van der Waals surface area contributed by atoms with Crippen molar-refractivity contribution < 1.29 is 4.79 Å². The highest BCUT2D eigenvalue weighted by atomic mass is 79.9. The number of hydrogen-bond acceptors (Lipinski definition) is 4. The van der Waals surface area contributed by atoms with Crippen molar-refractivity contribution in [2.45, 2.75) is 6.42 Å². The van der Waals surface area contributed by atoms with Gasteiger partial charge in [0.05, 0.1) is 12.1 Å². The number of carbonyl (C=O) groups excluding carboxylic acids is 1. The molecule has 2 aromatic rings. The molecule has 20 heavy (non-hydrogen) atoms. The molecule has 0 aliphatic rings. The molecule has 1 amide bonds. The Bertz CT molecular complexity index is 634. The number of hydrogen-bond donors (Lipinski definition) is 3. The van der Waals surface area contributed by atoms with Crippen LogP contribution in [-0.2, 0) is 11.2 Å². The van der Waals surface area contributed by atoms with Crippen LogP contribution in [0, 0.1) is 0 Å². The summed E-state index contributed by atoms with van der Waals surface area (Å²) in [6.07, 6.45) is 0.173. The molecule has 1 heterocycles. The molecule has 0 fully saturated rings. The molecule has 0 unspecified atom stereocenters. The minimum atomic E-state index is -0.145. The van der Waals surface area contributed by atoms with Crippen molar-refractivity contribution in [1.29, 1.82) is 0 Å². The first kappa shape index (κ1) is 14.5. The zero-order chi connectivity index (χ0) is 14.5. The lowest BCUT2D eigenvalue weighted by atomic mass is 10.3. The molecule has 104 valence electrons. The SMILES string of the molecule is NC(N)=Nc1nc(CC(=O)Nc2ccc(Br)cc2)cs1. The number of benzene rings is 1. The summed E-state index contributed by atoms with van der Waals surface area (Å²) in [5.41, 5.74) is 11.9. The number of halogens is 1. The topological polar surface area (TPSA) is 106 Å². The third kappa shape index (κ3) is 4.32. The molecular weight excluding hydrogens is 342 g/mol. The van der Waals surface area contributed by atoms with Crippen molar-refractivity contribution in [3.05, 3.63) is 39.8 Å². The van der Waals surface area contributed by atoms with Crippen LogP contribution in [0.3, 0.4) is 0 Å².